The van der Waals surface area contributed by atoms with E-state index in [1.165, 1.54) is 16.4 Å². The molecule has 0 N–H and O–H groups in total. The van der Waals surface area contributed by atoms with Gasteiger partial charge in [-0.2, -0.15) is 4.31 Å². The molecule has 1 heterocycles. The zero-order valence-corrected chi connectivity index (χ0v) is 18.5. The molecule has 31 heavy (non-hydrogen) atoms. The normalized spacial score (nSPS) is 15.0. The summed E-state index contributed by atoms with van der Waals surface area (Å²) in [5.74, 6) is 0.421. The van der Waals surface area contributed by atoms with Gasteiger partial charge in [0.1, 0.15) is 5.75 Å². The van der Waals surface area contributed by atoms with Gasteiger partial charge in [0, 0.05) is 38.3 Å². The van der Waals surface area contributed by atoms with Crippen LogP contribution in [0.25, 0.3) is 0 Å². The average Bonchev–Trinajstić information content (AvgIpc) is 2.73. The summed E-state index contributed by atoms with van der Waals surface area (Å²) in [5, 5.41) is 11.0. The molecule has 166 valence electrons. The van der Waals surface area contributed by atoms with Crippen LogP contribution in [0.1, 0.15) is 16.7 Å². The standard InChI is InChI=1S/C21H25N3O6S/c1-15-4-7-19(17(3)12-15)30-14-21(25)22-8-10-23(11-9-22)31(28,29)20-13-18(24(26)27)6-5-16(20)2/h4-7,12-13H,8-11,14H2,1-3H3. The lowest BCUT2D eigenvalue weighted by molar-refractivity contribution is -0.385. The maximum absolute atomic E-state index is 13.0. The summed E-state index contributed by atoms with van der Waals surface area (Å²) >= 11 is 0. The molecule has 1 amide bonds. The van der Waals surface area contributed by atoms with Gasteiger partial charge >= 0.3 is 0 Å². The summed E-state index contributed by atoms with van der Waals surface area (Å²) < 4.78 is 32.9. The van der Waals surface area contributed by atoms with Crippen molar-refractivity contribution in [1.29, 1.82) is 0 Å². The first-order valence-corrected chi connectivity index (χ1v) is 11.3. The minimum atomic E-state index is -3.90. The molecule has 3 rings (SSSR count). The lowest BCUT2D eigenvalue weighted by Crippen LogP contribution is -2.51. The molecule has 2 aromatic carbocycles. The van der Waals surface area contributed by atoms with Gasteiger partial charge < -0.3 is 9.64 Å². The Balaban J connectivity index is 1.62. The molecule has 0 aromatic heterocycles. The van der Waals surface area contributed by atoms with Crippen molar-refractivity contribution in [2.75, 3.05) is 32.8 Å². The van der Waals surface area contributed by atoms with Gasteiger partial charge in [-0.25, -0.2) is 8.42 Å². The van der Waals surface area contributed by atoms with Crippen molar-refractivity contribution in [1.82, 2.24) is 9.21 Å². The lowest BCUT2D eigenvalue weighted by atomic mass is 10.1. The molecule has 10 heteroatoms. The fourth-order valence-electron chi connectivity index (χ4n) is 3.49. The summed E-state index contributed by atoms with van der Waals surface area (Å²) in [6.45, 7) is 6.03. The monoisotopic (exact) mass is 447 g/mol. The minimum absolute atomic E-state index is 0.0837. The Kier molecular flexibility index (Phi) is 6.61. The fraction of sp³-hybridized carbons (Fsp3) is 0.381. The zero-order valence-electron chi connectivity index (χ0n) is 17.7. The number of nitro benzene ring substituents is 1. The summed E-state index contributed by atoms with van der Waals surface area (Å²) in [6.07, 6.45) is 0. The van der Waals surface area contributed by atoms with Gasteiger partial charge in [0.05, 0.1) is 9.82 Å². The molecule has 1 saturated heterocycles. The second-order valence-corrected chi connectivity index (χ2v) is 9.46. The average molecular weight is 448 g/mol. The highest BCUT2D eigenvalue weighted by atomic mass is 32.2. The predicted octanol–water partition coefficient (Wildman–Crippen LogP) is 2.43. The Labute approximate surface area is 181 Å². The molecule has 0 unspecified atom stereocenters. The summed E-state index contributed by atoms with van der Waals surface area (Å²) in [5.41, 5.74) is 2.20. The number of amides is 1. The highest BCUT2D eigenvalue weighted by Crippen LogP contribution is 2.25. The molecule has 1 aliphatic heterocycles. The van der Waals surface area contributed by atoms with Gasteiger partial charge in [-0.15, -0.1) is 0 Å². The summed E-state index contributed by atoms with van der Waals surface area (Å²) in [7, 11) is -3.90. The maximum atomic E-state index is 13.0. The minimum Gasteiger partial charge on any atom is -0.484 e. The second-order valence-electron chi connectivity index (χ2n) is 7.55. The molecule has 0 atom stereocenters. The Morgan fingerprint density at radius 1 is 1.03 bits per heavy atom. The molecule has 2 aromatic rings. The Morgan fingerprint density at radius 2 is 1.71 bits per heavy atom. The third kappa shape index (κ3) is 5.02. The molecule has 0 aliphatic carbocycles. The number of hydrogen-bond acceptors (Lipinski definition) is 6. The van der Waals surface area contributed by atoms with E-state index in [9.17, 15) is 23.3 Å². The molecule has 0 spiro atoms. The lowest BCUT2D eigenvalue weighted by Gasteiger charge is -2.34. The highest BCUT2D eigenvalue weighted by molar-refractivity contribution is 7.89. The first kappa shape index (κ1) is 22.7. The number of nitrogens with zero attached hydrogens (tertiary/aromatic N) is 3. The third-order valence-electron chi connectivity index (χ3n) is 5.27. The van der Waals surface area contributed by atoms with Crippen LogP contribution >= 0.6 is 0 Å². The highest BCUT2D eigenvalue weighted by Gasteiger charge is 2.32. The zero-order chi connectivity index (χ0) is 22.8. The second kappa shape index (κ2) is 9.03. The molecular weight excluding hydrogens is 422 g/mol. The number of piperazine rings is 1. The molecule has 0 saturated carbocycles. The van der Waals surface area contributed by atoms with Crippen molar-refractivity contribution in [2.24, 2.45) is 0 Å². The molecule has 9 nitrogen and oxygen atoms in total. The molecular formula is C21H25N3O6S. The number of hydrogen-bond donors (Lipinski definition) is 0. The predicted molar refractivity (Wildman–Crippen MR) is 115 cm³/mol. The van der Waals surface area contributed by atoms with E-state index in [0.29, 0.717) is 11.3 Å². The van der Waals surface area contributed by atoms with E-state index in [4.69, 9.17) is 4.74 Å². The third-order valence-corrected chi connectivity index (χ3v) is 7.31. The van der Waals surface area contributed by atoms with Crippen molar-refractivity contribution in [3.63, 3.8) is 0 Å². The van der Waals surface area contributed by atoms with Crippen LogP contribution in [-0.2, 0) is 14.8 Å². The van der Waals surface area contributed by atoms with Crippen molar-refractivity contribution in [2.45, 2.75) is 25.7 Å². The first-order valence-electron chi connectivity index (χ1n) is 9.82. The van der Waals surface area contributed by atoms with Gasteiger partial charge in [-0.1, -0.05) is 23.8 Å². The molecule has 1 fully saturated rings. The van der Waals surface area contributed by atoms with Crippen LogP contribution in [0.15, 0.2) is 41.3 Å². The van der Waals surface area contributed by atoms with Crippen LogP contribution in [0.5, 0.6) is 5.75 Å². The number of nitro groups is 1. The van der Waals surface area contributed by atoms with Crippen LogP contribution in [0.4, 0.5) is 5.69 Å². The van der Waals surface area contributed by atoms with E-state index < -0.39 is 14.9 Å². The number of carbonyl (C=O) groups is 1. The van der Waals surface area contributed by atoms with Crippen LogP contribution < -0.4 is 4.74 Å². The van der Waals surface area contributed by atoms with E-state index >= 15 is 0 Å². The Bertz CT molecular complexity index is 1110. The van der Waals surface area contributed by atoms with E-state index in [1.807, 2.05) is 32.0 Å². The summed E-state index contributed by atoms with van der Waals surface area (Å²) in [4.78, 5) is 24.4. The number of aryl methyl sites for hydroxylation is 3. The smallest absolute Gasteiger partial charge is 0.270 e. The number of sulfonamides is 1. The number of ether oxygens (including phenoxy) is 1. The van der Waals surface area contributed by atoms with Gasteiger partial charge in [0.25, 0.3) is 11.6 Å². The van der Waals surface area contributed by atoms with Crippen LogP contribution in [-0.4, -0.2) is 61.2 Å². The van der Waals surface area contributed by atoms with E-state index in [0.717, 1.165) is 17.2 Å². The topological polar surface area (TPSA) is 110 Å². The fourth-order valence-corrected chi connectivity index (χ4v) is 5.16. The molecule has 1 aliphatic rings. The van der Waals surface area contributed by atoms with Gasteiger partial charge in [-0.05, 0) is 38.0 Å². The Morgan fingerprint density at radius 3 is 2.32 bits per heavy atom. The number of non-ortho nitro benzene ring substituents is 1. The quantitative estimate of drug-likeness (QED) is 0.497. The first-order chi connectivity index (χ1) is 14.6. The van der Waals surface area contributed by atoms with Crippen molar-refractivity contribution >= 4 is 21.6 Å². The largest absolute Gasteiger partial charge is 0.484 e. The van der Waals surface area contributed by atoms with Gasteiger partial charge in [0.15, 0.2) is 6.61 Å². The van der Waals surface area contributed by atoms with Crippen LogP contribution in [0, 0.1) is 30.9 Å². The number of benzene rings is 2. The summed E-state index contributed by atoms with van der Waals surface area (Å²) in [6, 6.07) is 9.49. The maximum Gasteiger partial charge on any atom is 0.270 e. The molecule has 0 bridgehead atoms. The van der Waals surface area contributed by atoms with Crippen molar-refractivity contribution in [3.8, 4) is 5.75 Å². The van der Waals surface area contributed by atoms with Gasteiger partial charge in [-0.3, -0.25) is 14.9 Å². The van der Waals surface area contributed by atoms with E-state index in [2.05, 4.69) is 0 Å². The van der Waals surface area contributed by atoms with Crippen LogP contribution in [0.3, 0.4) is 0 Å². The number of rotatable bonds is 6. The van der Waals surface area contributed by atoms with E-state index in [1.54, 1.807) is 11.8 Å². The van der Waals surface area contributed by atoms with Crippen molar-refractivity contribution in [3.05, 3.63) is 63.2 Å². The number of carbonyl (C=O) groups excluding carboxylic acids is 1. The van der Waals surface area contributed by atoms with E-state index in [-0.39, 0.29) is 49.3 Å². The van der Waals surface area contributed by atoms with Gasteiger partial charge in [0.2, 0.25) is 10.0 Å². The molecule has 0 radical (unpaired) electrons. The SMILES string of the molecule is Cc1ccc(OCC(=O)N2CCN(S(=O)(=O)c3cc([N+](=O)[O-])ccc3C)CC2)c(C)c1. The van der Waals surface area contributed by atoms with Crippen molar-refractivity contribution < 1.29 is 22.9 Å². The van der Waals surface area contributed by atoms with Crippen LogP contribution in [0.2, 0.25) is 0 Å². The Hall–Kier alpha value is -2.98.